The van der Waals surface area contributed by atoms with Gasteiger partial charge in [-0.3, -0.25) is 4.99 Å². The van der Waals surface area contributed by atoms with Crippen LogP contribution < -0.4 is 15.4 Å². The van der Waals surface area contributed by atoms with Crippen molar-refractivity contribution in [2.75, 3.05) is 34.4 Å². The molecule has 0 spiro atoms. The molecule has 0 bridgehead atoms. The Bertz CT molecular complexity index is 572. The van der Waals surface area contributed by atoms with E-state index in [2.05, 4.69) is 40.7 Å². The summed E-state index contributed by atoms with van der Waals surface area (Å²) in [7, 11) is 5.31. The molecule has 0 heterocycles. The van der Waals surface area contributed by atoms with Crippen LogP contribution in [0, 0.1) is 12.3 Å². The van der Waals surface area contributed by atoms with Crippen molar-refractivity contribution in [1.82, 2.24) is 10.6 Å². The third-order valence-corrected chi connectivity index (χ3v) is 5.29. The first-order chi connectivity index (χ1) is 12.1. The number of aryl methyl sites for hydroxylation is 1. The molecule has 0 radical (unpaired) electrons. The Morgan fingerprint density at radius 1 is 1.19 bits per heavy atom. The van der Waals surface area contributed by atoms with Gasteiger partial charge in [0.25, 0.3) is 0 Å². The zero-order valence-electron chi connectivity index (χ0n) is 16.6. The lowest BCUT2D eigenvalue weighted by Crippen LogP contribution is -2.43. The van der Waals surface area contributed by atoms with Gasteiger partial charge in [-0.1, -0.05) is 25.0 Å². The van der Waals surface area contributed by atoms with Crippen LogP contribution in [0.15, 0.2) is 23.2 Å². The quantitative estimate of drug-likeness (QED) is 0.341. The largest absolute Gasteiger partial charge is 0.496 e. The van der Waals surface area contributed by atoms with E-state index in [1.807, 2.05) is 7.05 Å². The molecule has 1 aromatic carbocycles. The fourth-order valence-corrected chi connectivity index (χ4v) is 3.61. The van der Waals surface area contributed by atoms with Crippen LogP contribution in [-0.4, -0.2) is 40.4 Å². The Morgan fingerprint density at radius 2 is 1.92 bits per heavy atom. The fourth-order valence-electron chi connectivity index (χ4n) is 3.61. The summed E-state index contributed by atoms with van der Waals surface area (Å²) in [5, 5.41) is 6.93. The zero-order chi connectivity index (χ0) is 18.1. The minimum Gasteiger partial charge on any atom is -0.496 e. The molecule has 1 fully saturated rings. The summed E-state index contributed by atoms with van der Waals surface area (Å²) in [5.41, 5.74) is 2.68. The third kappa shape index (κ3) is 6.61. The Labute approximate surface area is 175 Å². The first-order valence-corrected chi connectivity index (χ1v) is 9.19. The molecule has 0 saturated heterocycles. The number of nitrogens with zero attached hydrogens (tertiary/aromatic N) is 1. The summed E-state index contributed by atoms with van der Waals surface area (Å²) in [5.74, 6) is 1.77. The average Bonchev–Trinajstić information content (AvgIpc) is 3.10. The van der Waals surface area contributed by atoms with Crippen molar-refractivity contribution < 1.29 is 9.47 Å². The van der Waals surface area contributed by atoms with Gasteiger partial charge in [0.2, 0.25) is 0 Å². The highest BCUT2D eigenvalue weighted by Crippen LogP contribution is 2.40. The summed E-state index contributed by atoms with van der Waals surface area (Å²) in [6.45, 7) is 4.56. The number of halogens is 1. The monoisotopic (exact) mass is 475 g/mol. The molecule has 0 unspecified atom stereocenters. The van der Waals surface area contributed by atoms with E-state index in [1.54, 1.807) is 14.2 Å². The second-order valence-corrected chi connectivity index (χ2v) is 7.03. The van der Waals surface area contributed by atoms with Crippen molar-refractivity contribution in [2.45, 2.75) is 45.6 Å². The predicted molar refractivity (Wildman–Crippen MR) is 119 cm³/mol. The minimum atomic E-state index is 0. The normalized spacial score (nSPS) is 16.1. The molecule has 5 nitrogen and oxygen atoms in total. The lowest BCUT2D eigenvalue weighted by atomic mass is 9.83. The van der Waals surface area contributed by atoms with Gasteiger partial charge in [-0.15, -0.1) is 24.0 Å². The zero-order valence-corrected chi connectivity index (χ0v) is 18.9. The molecule has 6 heteroatoms. The smallest absolute Gasteiger partial charge is 0.191 e. The average molecular weight is 475 g/mol. The fraction of sp³-hybridized carbons (Fsp3) is 0.650. The van der Waals surface area contributed by atoms with Gasteiger partial charge in [-0.05, 0) is 48.8 Å². The van der Waals surface area contributed by atoms with Crippen LogP contribution in [-0.2, 0) is 11.3 Å². The summed E-state index contributed by atoms with van der Waals surface area (Å²) in [6, 6.07) is 6.28. The molecule has 0 aliphatic heterocycles. The van der Waals surface area contributed by atoms with Gasteiger partial charge >= 0.3 is 0 Å². The van der Waals surface area contributed by atoms with Gasteiger partial charge in [-0.25, -0.2) is 0 Å². The van der Waals surface area contributed by atoms with Crippen molar-refractivity contribution in [3.8, 4) is 5.75 Å². The topological polar surface area (TPSA) is 54.9 Å². The summed E-state index contributed by atoms with van der Waals surface area (Å²) >= 11 is 0. The Morgan fingerprint density at radius 3 is 2.54 bits per heavy atom. The number of benzene rings is 1. The number of methoxy groups -OCH3 is 2. The van der Waals surface area contributed by atoms with E-state index in [-0.39, 0.29) is 24.0 Å². The maximum atomic E-state index is 5.40. The second kappa shape index (κ2) is 11.6. The molecule has 1 aliphatic carbocycles. The number of guanidine groups is 1. The molecule has 148 valence electrons. The first-order valence-electron chi connectivity index (χ1n) is 9.19. The number of hydrogen-bond donors (Lipinski definition) is 2. The molecule has 1 aromatic rings. The molecule has 1 aliphatic rings. The summed E-state index contributed by atoms with van der Waals surface area (Å²) in [4.78, 5) is 4.37. The highest BCUT2D eigenvalue weighted by Gasteiger charge is 2.33. The molecular formula is C20H34IN3O2. The van der Waals surface area contributed by atoms with Crippen molar-refractivity contribution in [1.29, 1.82) is 0 Å². The molecule has 26 heavy (non-hydrogen) atoms. The molecule has 2 rings (SSSR count). The highest BCUT2D eigenvalue weighted by atomic mass is 127. The summed E-state index contributed by atoms with van der Waals surface area (Å²) in [6.07, 6.45) is 6.30. The van der Waals surface area contributed by atoms with E-state index in [0.29, 0.717) is 5.41 Å². The van der Waals surface area contributed by atoms with Crippen molar-refractivity contribution >= 4 is 29.9 Å². The Hall–Kier alpha value is -1.02. The van der Waals surface area contributed by atoms with Gasteiger partial charge in [0.15, 0.2) is 5.96 Å². The lowest BCUT2D eigenvalue weighted by Gasteiger charge is -2.30. The van der Waals surface area contributed by atoms with Crippen molar-refractivity contribution in [3.63, 3.8) is 0 Å². The van der Waals surface area contributed by atoms with Crippen LogP contribution in [0.3, 0.4) is 0 Å². The standard InChI is InChI=1S/C20H33N3O2.HI/c1-16-7-8-17(13-18(16)25-4)14-22-19(21-2)23-15-20(11-12-24-3)9-5-6-10-20;/h7-8,13H,5-6,9-12,14-15H2,1-4H3,(H2,21,22,23);1H. The predicted octanol–water partition coefficient (Wildman–Crippen LogP) is 3.88. The lowest BCUT2D eigenvalue weighted by molar-refractivity contribution is 0.138. The van der Waals surface area contributed by atoms with E-state index in [9.17, 15) is 0 Å². The van der Waals surface area contributed by atoms with Crippen LogP contribution in [0.4, 0.5) is 0 Å². The molecular weight excluding hydrogens is 441 g/mol. The van der Waals surface area contributed by atoms with Gasteiger partial charge in [0.1, 0.15) is 5.75 Å². The third-order valence-electron chi connectivity index (χ3n) is 5.29. The van der Waals surface area contributed by atoms with E-state index in [4.69, 9.17) is 9.47 Å². The molecule has 1 saturated carbocycles. The maximum Gasteiger partial charge on any atom is 0.191 e. The molecule has 0 aromatic heterocycles. The molecule has 0 amide bonds. The number of nitrogens with one attached hydrogen (secondary N) is 2. The van der Waals surface area contributed by atoms with E-state index >= 15 is 0 Å². The van der Waals surface area contributed by atoms with Gasteiger partial charge in [0, 0.05) is 33.9 Å². The second-order valence-electron chi connectivity index (χ2n) is 7.03. The number of ether oxygens (including phenoxy) is 2. The Kier molecular flexibility index (Phi) is 10.3. The van der Waals surface area contributed by atoms with Crippen LogP contribution in [0.5, 0.6) is 5.75 Å². The van der Waals surface area contributed by atoms with Crippen LogP contribution in [0.25, 0.3) is 0 Å². The van der Waals surface area contributed by atoms with E-state index in [1.165, 1.54) is 31.2 Å². The van der Waals surface area contributed by atoms with Gasteiger partial charge in [0.05, 0.1) is 7.11 Å². The molecule has 2 N–H and O–H groups in total. The maximum absolute atomic E-state index is 5.40. The number of rotatable bonds is 8. The molecule has 0 atom stereocenters. The van der Waals surface area contributed by atoms with Crippen LogP contribution >= 0.6 is 24.0 Å². The van der Waals surface area contributed by atoms with E-state index < -0.39 is 0 Å². The van der Waals surface area contributed by atoms with Crippen LogP contribution in [0.2, 0.25) is 0 Å². The van der Waals surface area contributed by atoms with Gasteiger partial charge < -0.3 is 20.1 Å². The van der Waals surface area contributed by atoms with Gasteiger partial charge in [-0.2, -0.15) is 0 Å². The highest BCUT2D eigenvalue weighted by molar-refractivity contribution is 14.0. The Balaban J connectivity index is 0.00000338. The van der Waals surface area contributed by atoms with E-state index in [0.717, 1.165) is 43.4 Å². The van der Waals surface area contributed by atoms with Crippen molar-refractivity contribution in [2.24, 2.45) is 10.4 Å². The SMILES string of the molecule is CN=C(NCc1ccc(C)c(OC)c1)NCC1(CCOC)CCCC1.I. The summed E-state index contributed by atoms with van der Waals surface area (Å²) < 4.78 is 10.7. The number of hydrogen-bond acceptors (Lipinski definition) is 3. The first kappa shape index (κ1) is 23.0. The minimum absolute atomic E-state index is 0. The van der Waals surface area contributed by atoms with Crippen LogP contribution in [0.1, 0.15) is 43.2 Å². The number of aliphatic imine (C=N–C) groups is 1. The van der Waals surface area contributed by atoms with Crippen molar-refractivity contribution in [3.05, 3.63) is 29.3 Å².